The summed E-state index contributed by atoms with van der Waals surface area (Å²) in [4.78, 5) is 48.6. The Bertz CT molecular complexity index is 738. The molecule has 1 aromatic rings. The quantitative estimate of drug-likeness (QED) is 0.570. The Morgan fingerprint density at radius 2 is 1.90 bits per heavy atom. The number of benzene rings is 1. The second kappa shape index (κ2) is 11.9. The minimum Gasteiger partial charge on any atom is -0.469 e. The minimum absolute atomic E-state index is 0.0108. The molecule has 0 aromatic heterocycles. The fraction of sp³-hybridized carbons (Fsp3) is 0.524. The molecule has 1 N–H and O–H groups in total. The highest BCUT2D eigenvalue weighted by molar-refractivity contribution is 5.87. The number of ether oxygens (including phenoxy) is 3. The van der Waals surface area contributed by atoms with Gasteiger partial charge in [-0.2, -0.15) is 0 Å². The molecule has 2 atom stereocenters. The topological polar surface area (TPSA) is 111 Å². The van der Waals surface area contributed by atoms with Gasteiger partial charge in [-0.15, -0.1) is 0 Å². The van der Waals surface area contributed by atoms with Gasteiger partial charge in [-0.25, -0.2) is 9.59 Å². The monoisotopic (exact) mass is 420 g/mol. The first kappa shape index (κ1) is 23.3. The summed E-state index contributed by atoms with van der Waals surface area (Å²) >= 11 is 0. The highest BCUT2D eigenvalue weighted by atomic mass is 16.6. The molecule has 1 aromatic carbocycles. The van der Waals surface area contributed by atoms with Crippen LogP contribution >= 0.6 is 0 Å². The van der Waals surface area contributed by atoms with Crippen LogP contribution in [-0.2, 0) is 35.2 Å². The second-order valence-corrected chi connectivity index (χ2v) is 7.00. The van der Waals surface area contributed by atoms with Crippen molar-refractivity contribution in [3.8, 4) is 0 Å². The van der Waals surface area contributed by atoms with E-state index in [0.29, 0.717) is 19.5 Å². The van der Waals surface area contributed by atoms with Gasteiger partial charge in [0, 0.05) is 19.5 Å². The number of rotatable bonds is 10. The number of methoxy groups -OCH3 is 1. The molecule has 164 valence electrons. The molecule has 1 heterocycles. The van der Waals surface area contributed by atoms with Gasteiger partial charge < -0.3 is 24.4 Å². The number of carbonyl (C=O) groups is 4. The summed E-state index contributed by atoms with van der Waals surface area (Å²) in [5.74, 6) is -1.18. The number of urea groups is 1. The van der Waals surface area contributed by atoms with Crippen LogP contribution in [0.3, 0.4) is 0 Å². The molecule has 1 saturated heterocycles. The Balaban J connectivity index is 1.66. The van der Waals surface area contributed by atoms with E-state index in [2.05, 4.69) is 10.1 Å². The average molecular weight is 420 g/mol. The number of hydrogen-bond acceptors (Lipinski definition) is 7. The van der Waals surface area contributed by atoms with E-state index in [1.807, 2.05) is 30.3 Å². The summed E-state index contributed by atoms with van der Waals surface area (Å²) in [5, 5.41) is 2.54. The van der Waals surface area contributed by atoms with E-state index in [9.17, 15) is 19.2 Å². The molecule has 0 aliphatic carbocycles. The van der Waals surface area contributed by atoms with Gasteiger partial charge in [0.1, 0.15) is 6.61 Å². The van der Waals surface area contributed by atoms with Gasteiger partial charge in [0.25, 0.3) is 0 Å². The molecule has 0 bridgehead atoms. The van der Waals surface area contributed by atoms with Crippen molar-refractivity contribution in [1.29, 1.82) is 0 Å². The van der Waals surface area contributed by atoms with E-state index in [0.717, 1.165) is 5.56 Å². The highest BCUT2D eigenvalue weighted by Gasteiger charge is 2.30. The lowest BCUT2D eigenvalue weighted by atomic mass is 10.2. The maximum absolute atomic E-state index is 12.2. The fourth-order valence-electron chi connectivity index (χ4n) is 2.93. The van der Waals surface area contributed by atoms with Crippen molar-refractivity contribution >= 4 is 23.8 Å². The third-order valence-electron chi connectivity index (χ3n) is 4.66. The van der Waals surface area contributed by atoms with Crippen LogP contribution in [0.1, 0.15) is 31.7 Å². The summed E-state index contributed by atoms with van der Waals surface area (Å²) in [6, 6.07) is 8.98. The van der Waals surface area contributed by atoms with Gasteiger partial charge >= 0.3 is 18.0 Å². The number of carbonyl (C=O) groups excluding carboxylic acids is 4. The van der Waals surface area contributed by atoms with Crippen LogP contribution in [0.2, 0.25) is 0 Å². The predicted octanol–water partition coefficient (Wildman–Crippen LogP) is 1.44. The first-order chi connectivity index (χ1) is 14.4. The molecule has 2 rings (SSSR count). The first-order valence-corrected chi connectivity index (χ1v) is 9.86. The Kier molecular flexibility index (Phi) is 9.27. The summed E-state index contributed by atoms with van der Waals surface area (Å²) in [5.41, 5.74) is 0.892. The van der Waals surface area contributed by atoms with E-state index < -0.39 is 18.0 Å². The molecule has 1 unspecified atom stereocenters. The van der Waals surface area contributed by atoms with Crippen LogP contribution < -0.4 is 5.32 Å². The molecule has 0 saturated carbocycles. The molecule has 1 fully saturated rings. The number of hydrogen-bond donors (Lipinski definition) is 1. The van der Waals surface area contributed by atoms with E-state index in [1.54, 1.807) is 6.92 Å². The van der Waals surface area contributed by atoms with Crippen molar-refractivity contribution in [1.82, 2.24) is 10.2 Å². The smallest absolute Gasteiger partial charge is 0.335 e. The molecule has 2 amide bonds. The molecule has 0 radical (unpaired) electrons. The van der Waals surface area contributed by atoms with Gasteiger partial charge in [0.15, 0.2) is 11.9 Å². The maximum Gasteiger partial charge on any atom is 0.335 e. The van der Waals surface area contributed by atoms with Crippen molar-refractivity contribution in [2.75, 3.05) is 26.7 Å². The van der Waals surface area contributed by atoms with Crippen molar-refractivity contribution in [2.45, 2.75) is 45.0 Å². The van der Waals surface area contributed by atoms with Gasteiger partial charge in [0.05, 0.1) is 26.2 Å². The van der Waals surface area contributed by atoms with E-state index >= 15 is 0 Å². The fourth-order valence-corrected chi connectivity index (χ4v) is 2.93. The van der Waals surface area contributed by atoms with Crippen LogP contribution in [0.15, 0.2) is 30.3 Å². The lowest BCUT2D eigenvalue weighted by Crippen LogP contribution is -2.41. The Morgan fingerprint density at radius 3 is 2.60 bits per heavy atom. The van der Waals surface area contributed by atoms with E-state index in [1.165, 1.54) is 12.0 Å². The molecular weight excluding hydrogens is 392 g/mol. The molecule has 9 nitrogen and oxygen atoms in total. The van der Waals surface area contributed by atoms with E-state index in [4.69, 9.17) is 9.47 Å². The SMILES string of the molecule is COC(=O)CCC(=O)CNC(=O)N1CC[C@H](OC(C)C(=O)OCc2ccccc2)C1. The number of ketones is 1. The van der Waals surface area contributed by atoms with Crippen LogP contribution in [-0.4, -0.2) is 67.6 Å². The number of nitrogens with one attached hydrogen (secondary N) is 1. The Hall–Kier alpha value is -2.94. The maximum atomic E-state index is 12.2. The van der Waals surface area contributed by atoms with Gasteiger partial charge in [-0.3, -0.25) is 9.59 Å². The van der Waals surface area contributed by atoms with Crippen LogP contribution in [0.25, 0.3) is 0 Å². The van der Waals surface area contributed by atoms with Gasteiger partial charge in [-0.1, -0.05) is 30.3 Å². The molecular formula is C21H28N2O7. The third kappa shape index (κ3) is 7.82. The minimum atomic E-state index is -0.748. The number of likely N-dealkylation sites (tertiary alicyclic amines) is 1. The van der Waals surface area contributed by atoms with Gasteiger partial charge in [0.2, 0.25) is 0 Å². The van der Waals surface area contributed by atoms with Crippen molar-refractivity contribution in [3.63, 3.8) is 0 Å². The summed E-state index contributed by atoms with van der Waals surface area (Å²) in [6.07, 6.45) is -0.448. The molecule has 0 spiro atoms. The lowest BCUT2D eigenvalue weighted by Gasteiger charge is -2.19. The second-order valence-electron chi connectivity index (χ2n) is 7.00. The van der Waals surface area contributed by atoms with E-state index in [-0.39, 0.29) is 43.9 Å². The first-order valence-electron chi connectivity index (χ1n) is 9.86. The Morgan fingerprint density at radius 1 is 1.17 bits per heavy atom. The standard InChI is InChI=1S/C21H28N2O7/c1-15(20(26)29-14-16-6-4-3-5-7-16)30-18-10-11-23(13-18)21(27)22-12-17(24)8-9-19(25)28-2/h3-7,15,18H,8-14H2,1-2H3,(H,22,27)/t15?,18-/m0/s1. The van der Waals surface area contributed by atoms with Crippen molar-refractivity contribution in [2.24, 2.45) is 0 Å². The number of nitrogens with zero attached hydrogens (tertiary/aromatic N) is 1. The zero-order chi connectivity index (χ0) is 21.9. The van der Waals surface area contributed by atoms with Crippen LogP contribution in [0.5, 0.6) is 0 Å². The molecule has 1 aliphatic heterocycles. The largest absolute Gasteiger partial charge is 0.469 e. The number of amides is 2. The summed E-state index contributed by atoms with van der Waals surface area (Å²) in [7, 11) is 1.25. The zero-order valence-electron chi connectivity index (χ0n) is 17.3. The predicted molar refractivity (Wildman–Crippen MR) is 106 cm³/mol. The molecule has 9 heteroatoms. The molecule has 1 aliphatic rings. The average Bonchev–Trinajstić information content (AvgIpc) is 3.23. The van der Waals surface area contributed by atoms with Crippen molar-refractivity contribution in [3.05, 3.63) is 35.9 Å². The number of Topliss-reactive ketones (excluding diaryl/α,β-unsaturated/α-hetero) is 1. The summed E-state index contributed by atoms with van der Waals surface area (Å²) in [6.45, 7) is 2.42. The third-order valence-corrected chi connectivity index (χ3v) is 4.66. The molecule has 30 heavy (non-hydrogen) atoms. The lowest BCUT2D eigenvalue weighted by molar-refractivity contribution is -0.160. The van der Waals surface area contributed by atoms with Gasteiger partial charge in [-0.05, 0) is 18.9 Å². The van der Waals surface area contributed by atoms with Crippen LogP contribution in [0.4, 0.5) is 4.79 Å². The Labute approximate surface area is 175 Å². The zero-order valence-corrected chi connectivity index (χ0v) is 17.3. The van der Waals surface area contributed by atoms with Crippen molar-refractivity contribution < 1.29 is 33.4 Å². The normalized spacial score (nSPS) is 16.6. The number of esters is 2. The summed E-state index contributed by atoms with van der Waals surface area (Å²) < 4.78 is 15.5. The van der Waals surface area contributed by atoms with Crippen LogP contribution in [0, 0.1) is 0 Å². The highest BCUT2D eigenvalue weighted by Crippen LogP contribution is 2.15.